The second-order valence-corrected chi connectivity index (χ2v) is 6.34. The van der Waals surface area contributed by atoms with E-state index < -0.39 is 0 Å². The second-order valence-electron chi connectivity index (χ2n) is 6.34. The Morgan fingerprint density at radius 2 is 2.05 bits per heavy atom. The molecule has 1 heterocycles. The number of rotatable bonds is 5. The molecule has 0 amide bonds. The van der Waals surface area contributed by atoms with Gasteiger partial charge in [-0.3, -0.25) is 4.99 Å². The Kier molecular flexibility index (Phi) is 4.14. The molecule has 120 valence electrons. The summed E-state index contributed by atoms with van der Waals surface area (Å²) in [7, 11) is 0. The van der Waals surface area contributed by atoms with Crippen LogP contribution >= 0.6 is 0 Å². The van der Waals surface area contributed by atoms with Gasteiger partial charge in [0.25, 0.3) is 0 Å². The van der Waals surface area contributed by atoms with Gasteiger partial charge in [0.1, 0.15) is 0 Å². The second kappa shape index (κ2) is 6.07. The van der Waals surface area contributed by atoms with E-state index in [0.717, 1.165) is 30.5 Å². The van der Waals surface area contributed by atoms with Crippen molar-refractivity contribution in [1.82, 2.24) is 10.6 Å². The van der Waals surface area contributed by atoms with Crippen LogP contribution in [0.3, 0.4) is 0 Å². The average Bonchev–Trinajstić information content (AvgIpc) is 3.13. The molecule has 5 nitrogen and oxygen atoms in total. The third kappa shape index (κ3) is 3.13. The van der Waals surface area contributed by atoms with Crippen molar-refractivity contribution in [3.05, 3.63) is 23.8 Å². The molecule has 0 radical (unpaired) electrons. The van der Waals surface area contributed by atoms with Crippen molar-refractivity contribution in [2.24, 2.45) is 4.99 Å². The fourth-order valence-electron chi connectivity index (χ4n) is 2.74. The summed E-state index contributed by atoms with van der Waals surface area (Å²) in [5.41, 5.74) is 1.47. The summed E-state index contributed by atoms with van der Waals surface area (Å²) in [6.45, 7) is 8.33. The lowest BCUT2D eigenvalue weighted by molar-refractivity contribution is 0.174. The third-order valence-corrected chi connectivity index (χ3v) is 4.15. The van der Waals surface area contributed by atoms with Crippen molar-refractivity contribution in [3.8, 4) is 11.5 Å². The van der Waals surface area contributed by atoms with Gasteiger partial charge >= 0.3 is 0 Å². The molecule has 1 fully saturated rings. The molecular formula is C17H25N3O2. The molecule has 3 rings (SSSR count). The van der Waals surface area contributed by atoms with Crippen LogP contribution < -0.4 is 20.1 Å². The van der Waals surface area contributed by atoms with Crippen molar-refractivity contribution in [2.45, 2.75) is 45.1 Å². The summed E-state index contributed by atoms with van der Waals surface area (Å²) >= 11 is 0. The van der Waals surface area contributed by atoms with Gasteiger partial charge in [0, 0.05) is 18.0 Å². The lowest BCUT2D eigenvalue weighted by atomic mass is 9.96. The molecule has 1 aromatic carbocycles. The molecule has 2 N–H and O–H groups in total. The average molecular weight is 303 g/mol. The number of hydrogen-bond acceptors (Lipinski definition) is 3. The predicted molar refractivity (Wildman–Crippen MR) is 87.7 cm³/mol. The molecule has 0 unspecified atom stereocenters. The van der Waals surface area contributed by atoms with Crippen molar-refractivity contribution >= 4 is 5.96 Å². The summed E-state index contributed by atoms with van der Waals surface area (Å²) in [4.78, 5) is 4.78. The molecule has 1 saturated carbocycles. The fourth-order valence-corrected chi connectivity index (χ4v) is 2.74. The summed E-state index contributed by atoms with van der Waals surface area (Å²) < 4.78 is 10.9. The van der Waals surface area contributed by atoms with E-state index >= 15 is 0 Å². The minimum atomic E-state index is 0.167. The number of aliphatic imine (C=N–C) groups is 1. The SMILES string of the molecule is CCNC(=NCC1(c2ccc3c(c2)OCO3)CC1)NC(C)C. The van der Waals surface area contributed by atoms with E-state index in [-0.39, 0.29) is 5.41 Å². The standard InChI is InChI=1S/C17H25N3O2/c1-4-18-16(20-12(2)3)19-10-17(7-8-17)13-5-6-14-15(9-13)22-11-21-14/h5-6,9,12H,4,7-8,10-11H2,1-3H3,(H2,18,19,20). The van der Waals surface area contributed by atoms with Crippen molar-refractivity contribution in [3.63, 3.8) is 0 Å². The van der Waals surface area contributed by atoms with Crippen molar-refractivity contribution in [1.29, 1.82) is 0 Å². The summed E-state index contributed by atoms with van der Waals surface area (Å²) in [5, 5.41) is 6.67. The number of guanidine groups is 1. The lowest BCUT2D eigenvalue weighted by Gasteiger charge is -2.17. The van der Waals surface area contributed by atoms with Crippen LogP contribution in [0.1, 0.15) is 39.2 Å². The van der Waals surface area contributed by atoms with Gasteiger partial charge in [-0.25, -0.2) is 0 Å². The van der Waals surface area contributed by atoms with Crippen LogP contribution in [0.4, 0.5) is 0 Å². The Morgan fingerprint density at radius 3 is 2.73 bits per heavy atom. The molecule has 2 aliphatic rings. The number of nitrogens with zero attached hydrogens (tertiary/aromatic N) is 1. The first-order valence-electron chi connectivity index (χ1n) is 8.08. The maximum Gasteiger partial charge on any atom is 0.231 e. The Bertz CT molecular complexity index is 565. The van der Waals surface area contributed by atoms with Gasteiger partial charge in [-0.05, 0) is 51.3 Å². The monoisotopic (exact) mass is 303 g/mol. The number of ether oxygens (including phenoxy) is 2. The molecule has 0 bridgehead atoms. The minimum Gasteiger partial charge on any atom is -0.454 e. The molecule has 1 aliphatic carbocycles. The lowest BCUT2D eigenvalue weighted by Crippen LogP contribution is -2.41. The number of nitrogens with one attached hydrogen (secondary N) is 2. The molecule has 5 heteroatoms. The Labute approximate surface area is 132 Å². The van der Waals surface area contributed by atoms with E-state index in [2.05, 4.69) is 43.5 Å². The molecule has 0 saturated heterocycles. The van der Waals surface area contributed by atoms with Crippen molar-refractivity contribution < 1.29 is 9.47 Å². The molecule has 0 spiro atoms. The zero-order valence-electron chi connectivity index (χ0n) is 13.6. The highest BCUT2D eigenvalue weighted by molar-refractivity contribution is 5.80. The molecule has 0 atom stereocenters. The van der Waals surface area contributed by atoms with Gasteiger partial charge < -0.3 is 20.1 Å². The minimum absolute atomic E-state index is 0.167. The van der Waals surface area contributed by atoms with E-state index in [9.17, 15) is 0 Å². The van der Waals surface area contributed by atoms with Gasteiger partial charge in [-0.15, -0.1) is 0 Å². The molecular weight excluding hydrogens is 278 g/mol. The zero-order chi connectivity index (χ0) is 15.6. The highest BCUT2D eigenvalue weighted by Crippen LogP contribution is 2.50. The van der Waals surface area contributed by atoms with E-state index in [4.69, 9.17) is 14.5 Å². The largest absolute Gasteiger partial charge is 0.454 e. The molecule has 1 aromatic rings. The van der Waals surface area contributed by atoms with Crippen LogP contribution in [0.5, 0.6) is 11.5 Å². The van der Waals surface area contributed by atoms with Crippen LogP contribution in [-0.4, -0.2) is 31.9 Å². The highest BCUT2D eigenvalue weighted by atomic mass is 16.7. The topological polar surface area (TPSA) is 54.9 Å². The Morgan fingerprint density at radius 1 is 1.27 bits per heavy atom. The quantitative estimate of drug-likeness (QED) is 0.648. The molecule has 1 aliphatic heterocycles. The van der Waals surface area contributed by atoms with E-state index in [1.54, 1.807) is 0 Å². The maximum atomic E-state index is 5.50. The van der Waals surface area contributed by atoms with Crippen LogP contribution in [0.25, 0.3) is 0 Å². The first-order valence-corrected chi connectivity index (χ1v) is 8.08. The molecule has 22 heavy (non-hydrogen) atoms. The predicted octanol–water partition coefficient (Wildman–Crippen LogP) is 2.41. The number of benzene rings is 1. The Hall–Kier alpha value is -1.91. The Balaban J connectivity index is 1.73. The van der Waals surface area contributed by atoms with Crippen LogP contribution in [-0.2, 0) is 5.41 Å². The first kappa shape index (κ1) is 15.0. The van der Waals surface area contributed by atoms with Gasteiger partial charge in [0.05, 0.1) is 6.54 Å². The van der Waals surface area contributed by atoms with E-state index in [1.807, 2.05) is 6.07 Å². The van der Waals surface area contributed by atoms with Gasteiger partial charge in [0.15, 0.2) is 17.5 Å². The van der Waals surface area contributed by atoms with E-state index in [1.165, 1.54) is 18.4 Å². The normalized spacial score (nSPS) is 18.5. The van der Waals surface area contributed by atoms with Crippen LogP contribution in [0, 0.1) is 0 Å². The summed E-state index contributed by atoms with van der Waals surface area (Å²) in [6.07, 6.45) is 2.36. The van der Waals surface area contributed by atoms with Gasteiger partial charge in [0.2, 0.25) is 6.79 Å². The highest BCUT2D eigenvalue weighted by Gasteiger charge is 2.44. The summed E-state index contributed by atoms with van der Waals surface area (Å²) in [6, 6.07) is 6.66. The van der Waals surface area contributed by atoms with Gasteiger partial charge in [-0.2, -0.15) is 0 Å². The van der Waals surface area contributed by atoms with Gasteiger partial charge in [-0.1, -0.05) is 6.07 Å². The fraction of sp³-hybridized carbons (Fsp3) is 0.588. The first-order chi connectivity index (χ1) is 10.6. The third-order valence-electron chi connectivity index (χ3n) is 4.15. The maximum absolute atomic E-state index is 5.50. The number of fused-ring (bicyclic) bond motifs is 1. The van der Waals surface area contributed by atoms with Crippen LogP contribution in [0.15, 0.2) is 23.2 Å². The summed E-state index contributed by atoms with van der Waals surface area (Å²) in [5.74, 6) is 2.60. The zero-order valence-corrected chi connectivity index (χ0v) is 13.6. The number of hydrogen-bond donors (Lipinski definition) is 2. The van der Waals surface area contributed by atoms with Crippen molar-refractivity contribution in [2.75, 3.05) is 19.9 Å². The smallest absolute Gasteiger partial charge is 0.231 e. The van der Waals surface area contributed by atoms with Crippen LogP contribution in [0.2, 0.25) is 0 Å². The molecule has 0 aromatic heterocycles. The van der Waals surface area contributed by atoms with E-state index in [0.29, 0.717) is 12.8 Å².